The maximum absolute atomic E-state index is 13.5. The second-order valence-electron chi connectivity index (χ2n) is 4.08. The Hall–Kier alpha value is -2.55. The van der Waals surface area contributed by atoms with E-state index in [2.05, 4.69) is 15.3 Å². The molecule has 0 bridgehead atoms. The van der Waals surface area contributed by atoms with Crippen LogP contribution in [0, 0.1) is 5.82 Å². The van der Waals surface area contributed by atoms with Crippen molar-refractivity contribution in [3.63, 3.8) is 0 Å². The van der Waals surface area contributed by atoms with E-state index < -0.39 is 11.7 Å². The van der Waals surface area contributed by atoms with Gasteiger partial charge in [-0.05, 0) is 18.2 Å². The molecule has 0 spiro atoms. The van der Waals surface area contributed by atoms with Gasteiger partial charge < -0.3 is 22.5 Å². The van der Waals surface area contributed by atoms with Gasteiger partial charge in [-0.2, -0.15) is 0 Å². The predicted octanol–water partition coefficient (Wildman–Crippen LogP) is 1.09. The predicted molar refractivity (Wildman–Crippen MR) is 81.0 cm³/mol. The second kappa shape index (κ2) is 6.27. The molecule has 9 heteroatoms. The van der Waals surface area contributed by atoms with Crippen molar-refractivity contribution < 1.29 is 9.18 Å². The lowest BCUT2D eigenvalue weighted by molar-refractivity contribution is -0.113. The van der Waals surface area contributed by atoms with E-state index >= 15 is 0 Å². The number of nitrogens with two attached hydrogens (primary N) is 3. The number of hydrogen-bond acceptors (Lipinski definition) is 7. The highest BCUT2D eigenvalue weighted by atomic mass is 32.2. The lowest BCUT2D eigenvalue weighted by Crippen LogP contribution is -2.15. The van der Waals surface area contributed by atoms with Crippen molar-refractivity contribution in [2.75, 3.05) is 28.3 Å². The smallest absolute Gasteiger partial charge is 0.234 e. The first kappa shape index (κ1) is 14.9. The highest BCUT2D eigenvalue weighted by Gasteiger charge is 2.10. The summed E-state index contributed by atoms with van der Waals surface area (Å²) < 4.78 is 13.5. The second-order valence-corrected chi connectivity index (χ2v) is 5.02. The summed E-state index contributed by atoms with van der Waals surface area (Å²) in [7, 11) is 0. The molecule has 0 aliphatic rings. The van der Waals surface area contributed by atoms with Gasteiger partial charge in [0.1, 0.15) is 17.5 Å². The molecule has 1 aromatic heterocycles. The summed E-state index contributed by atoms with van der Waals surface area (Å²) in [5.41, 5.74) is 16.9. The van der Waals surface area contributed by atoms with Gasteiger partial charge in [0.25, 0.3) is 0 Å². The van der Waals surface area contributed by atoms with Crippen molar-refractivity contribution in [1.82, 2.24) is 9.97 Å². The first-order valence-corrected chi connectivity index (χ1v) is 6.80. The average molecular weight is 308 g/mol. The van der Waals surface area contributed by atoms with Crippen molar-refractivity contribution in [1.29, 1.82) is 0 Å². The minimum atomic E-state index is -0.563. The van der Waals surface area contributed by atoms with Gasteiger partial charge >= 0.3 is 0 Å². The standard InChI is InChI=1S/C12H13FN6OS/c13-7-2-1-6(14)3-8(7)17-11(20)5-21-12-18-9(15)4-10(16)19-12/h1-4H,5,14H2,(H,17,20)(H4,15,16,18,19). The Balaban J connectivity index is 1.97. The molecule has 0 radical (unpaired) electrons. The highest BCUT2D eigenvalue weighted by molar-refractivity contribution is 7.99. The van der Waals surface area contributed by atoms with Crippen LogP contribution in [0.2, 0.25) is 0 Å². The topological polar surface area (TPSA) is 133 Å². The van der Waals surface area contributed by atoms with Gasteiger partial charge in [-0.25, -0.2) is 14.4 Å². The number of carbonyl (C=O) groups is 1. The van der Waals surface area contributed by atoms with Crippen LogP contribution in [0.4, 0.5) is 27.4 Å². The molecule has 0 aliphatic heterocycles. The number of nitrogen functional groups attached to an aromatic ring is 3. The molecule has 21 heavy (non-hydrogen) atoms. The summed E-state index contributed by atoms with van der Waals surface area (Å²) in [4.78, 5) is 19.6. The van der Waals surface area contributed by atoms with Crippen LogP contribution in [-0.4, -0.2) is 21.6 Å². The summed E-state index contributed by atoms with van der Waals surface area (Å²) in [6.45, 7) is 0. The zero-order chi connectivity index (χ0) is 15.4. The number of rotatable bonds is 4. The number of halogens is 1. The third-order valence-electron chi connectivity index (χ3n) is 2.34. The summed E-state index contributed by atoms with van der Waals surface area (Å²) >= 11 is 1.04. The third-order valence-corrected chi connectivity index (χ3v) is 3.19. The fraction of sp³-hybridized carbons (Fsp3) is 0.0833. The molecule has 2 aromatic rings. The number of anilines is 4. The number of nitrogens with zero attached hydrogens (tertiary/aromatic N) is 2. The Morgan fingerprint density at radius 1 is 1.19 bits per heavy atom. The molecule has 7 nitrogen and oxygen atoms in total. The Morgan fingerprint density at radius 2 is 1.86 bits per heavy atom. The van der Waals surface area contributed by atoms with E-state index in [9.17, 15) is 9.18 Å². The molecule has 7 N–H and O–H groups in total. The van der Waals surface area contributed by atoms with Crippen LogP contribution >= 0.6 is 11.8 Å². The maximum atomic E-state index is 13.5. The number of carbonyl (C=O) groups excluding carboxylic acids is 1. The monoisotopic (exact) mass is 308 g/mol. The van der Waals surface area contributed by atoms with Gasteiger partial charge in [0, 0.05) is 11.8 Å². The first-order chi connectivity index (χ1) is 9.94. The van der Waals surface area contributed by atoms with E-state index in [1.165, 1.54) is 24.3 Å². The van der Waals surface area contributed by atoms with Crippen molar-refractivity contribution in [3.8, 4) is 0 Å². The minimum absolute atomic E-state index is 0.0167. The third kappa shape index (κ3) is 4.21. The molecule has 0 atom stereocenters. The molecule has 0 saturated carbocycles. The van der Waals surface area contributed by atoms with Gasteiger partial charge in [0.2, 0.25) is 5.91 Å². The molecule has 0 saturated heterocycles. The number of nitrogens with one attached hydrogen (secondary N) is 1. The van der Waals surface area contributed by atoms with Gasteiger partial charge in [-0.1, -0.05) is 11.8 Å². The Kier molecular flexibility index (Phi) is 4.43. The zero-order valence-corrected chi connectivity index (χ0v) is 11.7. The van der Waals surface area contributed by atoms with Crippen LogP contribution < -0.4 is 22.5 Å². The molecule has 0 fully saturated rings. The van der Waals surface area contributed by atoms with Gasteiger partial charge in [0.05, 0.1) is 11.4 Å². The number of benzene rings is 1. The van der Waals surface area contributed by atoms with Crippen molar-refractivity contribution >= 4 is 40.7 Å². The molecular formula is C12H13FN6OS. The van der Waals surface area contributed by atoms with Gasteiger partial charge in [-0.15, -0.1) is 0 Å². The Morgan fingerprint density at radius 3 is 2.52 bits per heavy atom. The van der Waals surface area contributed by atoms with E-state index in [1.54, 1.807) is 0 Å². The first-order valence-electron chi connectivity index (χ1n) is 5.82. The van der Waals surface area contributed by atoms with Crippen molar-refractivity contribution in [3.05, 3.63) is 30.1 Å². The molecule has 2 rings (SSSR count). The number of thioether (sulfide) groups is 1. The molecule has 0 aliphatic carbocycles. The van der Waals surface area contributed by atoms with Crippen molar-refractivity contribution in [2.24, 2.45) is 0 Å². The normalized spacial score (nSPS) is 10.3. The number of hydrogen-bond donors (Lipinski definition) is 4. The zero-order valence-electron chi connectivity index (χ0n) is 10.8. The van der Waals surface area contributed by atoms with Gasteiger partial charge in [-0.3, -0.25) is 4.79 Å². The maximum Gasteiger partial charge on any atom is 0.234 e. The Labute approximate surface area is 124 Å². The van der Waals surface area contributed by atoms with Crippen LogP contribution in [-0.2, 0) is 4.79 Å². The molecule has 1 heterocycles. The fourth-order valence-corrected chi connectivity index (χ4v) is 2.15. The van der Waals surface area contributed by atoms with Crippen LogP contribution in [0.3, 0.4) is 0 Å². The fourth-order valence-electron chi connectivity index (χ4n) is 1.48. The van der Waals surface area contributed by atoms with E-state index in [0.717, 1.165) is 11.8 Å². The average Bonchev–Trinajstić information content (AvgIpc) is 2.40. The summed E-state index contributed by atoms with van der Waals surface area (Å²) in [6.07, 6.45) is 0. The molecule has 1 amide bonds. The summed E-state index contributed by atoms with van der Waals surface area (Å²) in [6, 6.07) is 5.34. The van der Waals surface area contributed by atoms with E-state index in [0.29, 0.717) is 5.69 Å². The molecule has 0 unspecified atom stereocenters. The van der Waals surface area contributed by atoms with Crippen LogP contribution in [0.5, 0.6) is 0 Å². The van der Waals surface area contributed by atoms with Crippen LogP contribution in [0.15, 0.2) is 29.4 Å². The largest absolute Gasteiger partial charge is 0.399 e. The number of amides is 1. The van der Waals surface area contributed by atoms with Crippen molar-refractivity contribution in [2.45, 2.75) is 5.16 Å². The van der Waals surface area contributed by atoms with Crippen LogP contribution in [0.25, 0.3) is 0 Å². The summed E-state index contributed by atoms with van der Waals surface area (Å²) in [5.74, 6) is -0.572. The molecular weight excluding hydrogens is 295 g/mol. The number of aromatic nitrogens is 2. The van der Waals surface area contributed by atoms with E-state index in [1.807, 2.05) is 0 Å². The minimum Gasteiger partial charge on any atom is -0.399 e. The van der Waals surface area contributed by atoms with Gasteiger partial charge in [0.15, 0.2) is 5.16 Å². The van der Waals surface area contributed by atoms with Crippen LogP contribution in [0.1, 0.15) is 0 Å². The lowest BCUT2D eigenvalue weighted by Gasteiger charge is -2.07. The SMILES string of the molecule is Nc1ccc(F)c(NC(=O)CSc2nc(N)cc(N)n2)c1. The Bertz CT molecular complexity index is 661. The lowest BCUT2D eigenvalue weighted by atomic mass is 10.2. The van der Waals surface area contributed by atoms with E-state index in [4.69, 9.17) is 17.2 Å². The van der Waals surface area contributed by atoms with E-state index in [-0.39, 0.29) is 28.2 Å². The quantitative estimate of drug-likeness (QED) is 0.377. The highest BCUT2D eigenvalue weighted by Crippen LogP contribution is 2.19. The summed E-state index contributed by atoms with van der Waals surface area (Å²) in [5, 5.41) is 2.69. The molecule has 1 aromatic carbocycles. The molecule has 110 valence electrons.